The monoisotopic (exact) mass is 287 g/mol. The zero-order valence-electron chi connectivity index (χ0n) is 11.9. The Morgan fingerprint density at radius 2 is 2.05 bits per heavy atom. The van der Waals surface area contributed by atoms with Gasteiger partial charge in [0.1, 0.15) is 5.75 Å². The van der Waals surface area contributed by atoms with Gasteiger partial charge >= 0.3 is 0 Å². The second kappa shape index (κ2) is 6.60. The van der Waals surface area contributed by atoms with Gasteiger partial charge in [0.25, 0.3) is 5.91 Å². The first-order valence-electron chi connectivity index (χ1n) is 6.34. The number of nitrogen functional groups attached to an aromatic ring is 1. The molecule has 21 heavy (non-hydrogen) atoms. The number of rotatable bonds is 5. The summed E-state index contributed by atoms with van der Waals surface area (Å²) in [6.45, 7) is 0.364. The fourth-order valence-corrected chi connectivity index (χ4v) is 1.81. The van der Waals surface area contributed by atoms with Gasteiger partial charge < -0.3 is 20.5 Å². The van der Waals surface area contributed by atoms with Crippen LogP contribution in [0.3, 0.4) is 0 Å². The summed E-state index contributed by atoms with van der Waals surface area (Å²) >= 11 is 0. The topological polar surface area (TPSA) is 86.5 Å². The van der Waals surface area contributed by atoms with E-state index in [2.05, 4.69) is 10.3 Å². The third kappa shape index (κ3) is 3.62. The van der Waals surface area contributed by atoms with Gasteiger partial charge in [0.2, 0.25) is 5.88 Å². The molecule has 0 aliphatic rings. The van der Waals surface area contributed by atoms with Crippen molar-refractivity contribution in [3.63, 3.8) is 0 Å². The minimum absolute atomic E-state index is 0.234. The number of aromatic nitrogens is 1. The van der Waals surface area contributed by atoms with Gasteiger partial charge in [-0.2, -0.15) is 0 Å². The van der Waals surface area contributed by atoms with Crippen LogP contribution in [0.25, 0.3) is 0 Å². The van der Waals surface area contributed by atoms with Crippen LogP contribution in [0, 0.1) is 0 Å². The minimum atomic E-state index is -0.234. The van der Waals surface area contributed by atoms with Gasteiger partial charge in [0, 0.05) is 30.6 Å². The van der Waals surface area contributed by atoms with Gasteiger partial charge in [-0.1, -0.05) is 6.07 Å². The van der Waals surface area contributed by atoms with E-state index in [4.69, 9.17) is 15.2 Å². The number of carbonyl (C=O) groups excluding carboxylic acids is 1. The molecule has 0 fully saturated rings. The number of ether oxygens (including phenoxy) is 2. The largest absolute Gasteiger partial charge is 0.496 e. The van der Waals surface area contributed by atoms with E-state index in [1.807, 2.05) is 6.07 Å². The molecular formula is C15H17N3O3. The maximum atomic E-state index is 12.2. The summed E-state index contributed by atoms with van der Waals surface area (Å²) in [5.74, 6) is 0.744. The third-order valence-electron chi connectivity index (χ3n) is 2.93. The minimum Gasteiger partial charge on any atom is -0.496 e. The smallest absolute Gasteiger partial charge is 0.255 e. The van der Waals surface area contributed by atoms with Crippen LogP contribution in [0.4, 0.5) is 5.69 Å². The van der Waals surface area contributed by atoms with E-state index >= 15 is 0 Å². The van der Waals surface area contributed by atoms with Crippen LogP contribution in [-0.2, 0) is 6.54 Å². The van der Waals surface area contributed by atoms with E-state index in [0.717, 1.165) is 5.56 Å². The molecule has 0 aliphatic heterocycles. The van der Waals surface area contributed by atoms with Crippen molar-refractivity contribution >= 4 is 11.6 Å². The van der Waals surface area contributed by atoms with Crippen LogP contribution in [0.2, 0.25) is 0 Å². The van der Waals surface area contributed by atoms with Crippen molar-refractivity contribution in [3.8, 4) is 11.6 Å². The molecule has 0 saturated heterocycles. The van der Waals surface area contributed by atoms with Gasteiger partial charge in [-0.25, -0.2) is 4.98 Å². The number of pyridine rings is 1. The molecule has 0 atom stereocenters. The number of amides is 1. The van der Waals surface area contributed by atoms with E-state index in [-0.39, 0.29) is 5.91 Å². The van der Waals surface area contributed by atoms with E-state index in [1.165, 1.54) is 7.11 Å². The number of hydrogen-bond donors (Lipinski definition) is 2. The summed E-state index contributed by atoms with van der Waals surface area (Å²) in [5.41, 5.74) is 7.52. The molecule has 1 aromatic carbocycles. The van der Waals surface area contributed by atoms with Crippen LogP contribution in [0.15, 0.2) is 36.5 Å². The third-order valence-corrected chi connectivity index (χ3v) is 2.93. The van der Waals surface area contributed by atoms with Gasteiger partial charge in [0.05, 0.1) is 19.8 Å². The maximum Gasteiger partial charge on any atom is 0.255 e. The molecule has 2 rings (SSSR count). The second-order valence-electron chi connectivity index (χ2n) is 4.35. The van der Waals surface area contributed by atoms with E-state index in [9.17, 15) is 4.79 Å². The molecule has 0 radical (unpaired) electrons. The highest BCUT2D eigenvalue weighted by atomic mass is 16.5. The molecule has 6 heteroatoms. The number of nitrogens with zero attached hydrogens (tertiary/aromatic N) is 1. The maximum absolute atomic E-state index is 12.2. The molecule has 1 heterocycles. The quantitative estimate of drug-likeness (QED) is 0.816. The number of benzene rings is 1. The molecule has 1 aromatic heterocycles. The summed E-state index contributed by atoms with van der Waals surface area (Å²) in [5, 5.41) is 2.81. The summed E-state index contributed by atoms with van der Waals surface area (Å²) in [4.78, 5) is 16.2. The van der Waals surface area contributed by atoms with Crippen LogP contribution >= 0.6 is 0 Å². The van der Waals surface area contributed by atoms with Gasteiger partial charge in [-0.3, -0.25) is 4.79 Å². The second-order valence-corrected chi connectivity index (χ2v) is 4.35. The summed E-state index contributed by atoms with van der Waals surface area (Å²) in [7, 11) is 3.05. The SMILES string of the molecule is COc1ccc(CNC(=O)c2ccc(N)cc2OC)cn1. The molecule has 0 bridgehead atoms. The van der Waals surface area contributed by atoms with Gasteiger partial charge in [-0.05, 0) is 17.7 Å². The van der Waals surface area contributed by atoms with E-state index in [0.29, 0.717) is 29.4 Å². The Kier molecular flexibility index (Phi) is 4.61. The molecule has 1 amide bonds. The van der Waals surface area contributed by atoms with Crippen molar-refractivity contribution < 1.29 is 14.3 Å². The van der Waals surface area contributed by atoms with Crippen LogP contribution in [0.1, 0.15) is 15.9 Å². The van der Waals surface area contributed by atoms with Crippen LogP contribution in [-0.4, -0.2) is 25.1 Å². The Morgan fingerprint density at radius 3 is 2.67 bits per heavy atom. The lowest BCUT2D eigenvalue weighted by molar-refractivity contribution is 0.0948. The fourth-order valence-electron chi connectivity index (χ4n) is 1.81. The molecular weight excluding hydrogens is 270 g/mol. The normalized spacial score (nSPS) is 10.0. The molecule has 0 unspecified atom stereocenters. The average molecular weight is 287 g/mol. The van der Waals surface area contributed by atoms with Gasteiger partial charge in [-0.15, -0.1) is 0 Å². The number of methoxy groups -OCH3 is 2. The highest BCUT2D eigenvalue weighted by Gasteiger charge is 2.12. The van der Waals surface area contributed by atoms with E-state index in [1.54, 1.807) is 37.6 Å². The lowest BCUT2D eigenvalue weighted by Gasteiger charge is -2.10. The number of nitrogens with two attached hydrogens (primary N) is 1. The standard InChI is InChI=1S/C15H17N3O3/c1-20-13-7-11(16)4-5-12(13)15(19)18-9-10-3-6-14(21-2)17-8-10/h3-8H,9,16H2,1-2H3,(H,18,19). The summed E-state index contributed by atoms with van der Waals surface area (Å²) < 4.78 is 10.1. The number of anilines is 1. The molecule has 6 nitrogen and oxygen atoms in total. The lowest BCUT2D eigenvalue weighted by atomic mass is 10.1. The number of hydrogen-bond acceptors (Lipinski definition) is 5. The van der Waals surface area contributed by atoms with Crippen molar-refractivity contribution in [2.24, 2.45) is 0 Å². The number of nitrogens with one attached hydrogen (secondary N) is 1. The number of carbonyl (C=O) groups is 1. The first kappa shape index (κ1) is 14.6. The van der Waals surface area contributed by atoms with Crippen LogP contribution in [0.5, 0.6) is 11.6 Å². The molecule has 110 valence electrons. The van der Waals surface area contributed by atoms with Crippen molar-refractivity contribution in [3.05, 3.63) is 47.7 Å². The highest BCUT2D eigenvalue weighted by molar-refractivity contribution is 5.97. The zero-order chi connectivity index (χ0) is 15.2. The lowest BCUT2D eigenvalue weighted by Crippen LogP contribution is -2.23. The van der Waals surface area contributed by atoms with Crippen molar-refractivity contribution in [2.75, 3.05) is 20.0 Å². The molecule has 0 saturated carbocycles. The first-order chi connectivity index (χ1) is 10.1. The fraction of sp³-hybridized carbons (Fsp3) is 0.200. The van der Waals surface area contributed by atoms with Crippen LogP contribution < -0.4 is 20.5 Å². The Balaban J connectivity index is 2.04. The Hall–Kier alpha value is -2.76. The molecule has 3 N–H and O–H groups in total. The summed E-state index contributed by atoms with van der Waals surface area (Å²) in [6.07, 6.45) is 1.65. The Bertz CT molecular complexity index is 627. The Labute approximate surface area is 122 Å². The highest BCUT2D eigenvalue weighted by Crippen LogP contribution is 2.21. The van der Waals surface area contributed by atoms with Crippen molar-refractivity contribution in [2.45, 2.75) is 6.54 Å². The molecule has 0 aliphatic carbocycles. The first-order valence-corrected chi connectivity index (χ1v) is 6.34. The Morgan fingerprint density at radius 1 is 1.24 bits per heavy atom. The van der Waals surface area contributed by atoms with Gasteiger partial charge in [0.15, 0.2) is 0 Å². The molecule has 2 aromatic rings. The van der Waals surface area contributed by atoms with Crippen molar-refractivity contribution in [1.82, 2.24) is 10.3 Å². The van der Waals surface area contributed by atoms with E-state index < -0.39 is 0 Å². The zero-order valence-corrected chi connectivity index (χ0v) is 11.9. The average Bonchev–Trinajstić information content (AvgIpc) is 2.52. The predicted octanol–water partition coefficient (Wildman–Crippen LogP) is 1.61. The summed E-state index contributed by atoms with van der Waals surface area (Å²) in [6, 6.07) is 8.49. The predicted molar refractivity (Wildman–Crippen MR) is 79.4 cm³/mol. The molecule has 0 spiro atoms. The van der Waals surface area contributed by atoms with Crippen molar-refractivity contribution in [1.29, 1.82) is 0 Å².